The van der Waals surface area contributed by atoms with E-state index in [9.17, 15) is 8.42 Å². The molecule has 10 heavy (non-hydrogen) atoms. The highest BCUT2D eigenvalue weighted by molar-refractivity contribution is 7.87. The molecule has 0 aliphatic heterocycles. The molecule has 0 aromatic heterocycles. The van der Waals surface area contributed by atoms with Crippen LogP contribution in [0.4, 0.5) is 0 Å². The van der Waals surface area contributed by atoms with Crippen molar-refractivity contribution in [2.75, 3.05) is 13.6 Å². The predicted molar refractivity (Wildman–Crippen MR) is 40.8 cm³/mol. The first kappa shape index (κ1) is 9.61. The van der Waals surface area contributed by atoms with Crippen LogP contribution in [0.5, 0.6) is 0 Å². The van der Waals surface area contributed by atoms with E-state index in [0.717, 1.165) is 0 Å². The van der Waals surface area contributed by atoms with Crippen LogP contribution in [-0.2, 0) is 10.2 Å². The molecule has 0 aromatic carbocycles. The van der Waals surface area contributed by atoms with Crippen molar-refractivity contribution in [2.45, 2.75) is 6.42 Å². The maximum atomic E-state index is 10.6. The quantitative estimate of drug-likeness (QED) is 0.430. The van der Waals surface area contributed by atoms with Gasteiger partial charge >= 0.3 is 0 Å². The summed E-state index contributed by atoms with van der Waals surface area (Å²) in [6.07, 6.45) is 2.29. The number of hydrogen-bond acceptors (Lipinski definition) is 2. The lowest BCUT2D eigenvalue weighted by molar-refractivity contribution is 0.574. The number of hydrogen-bond donors (Lipinski definition) is 2. The topological polar surface area (TPSA) is 58.2 Å². The lowest BCUT2D eigenvalue weighted by Crippen LogP contribution is -2.34. The fourth-order valence-electron chi connectivity index (χ4n) is 0.368. The van der Waals surface area contributed by atoms with E-state index in [1.807, 2.05) is 0 Å². The number of rotatable bonds is 5. The lowest BCUT2D eigenvalue weighted by Gasteiger charge is -2.01. The van der Waals surface area contributed by atoms with Gasteiger partial charge in [-0.2, -0.15) is 8.42 Å². The molecule has 5 heteroatoms. The van der Waals surface area contributed by atoms with Crippen molar-refractivity contribution in [3.8, 4) is 0 Å². The second kappa shape index (κ2) is 4.43. The molecule has 4 nitrogen and oxygen atoms in total. The maximum Gasteiger partial charge on any atom is 0.276 e. The third-order valence-corrected chi connectivity index (χ3v) is 2.03. The molecule has 0 saturated carbocycles. The summed E-state index contributed by atoms with van der Waals surface area (Å²) in [5.74, 6) is 0. The molecule has 0 rings (SSSR count). The largest absolute Gasteiger partial charge is 0.276 e. The van der Waals surface area contributed by atoms with Gasteiger partial charge in [0.25, 0.3) is 10.2 Å². The summed E-state index contributed by atoms with van der Waals surface area (Å²) < 4.78 is 25.7. The van der Waals surface area contributed by atoms with E-state index in [0.29, 0.717) is 13.0 Å². The highest BCUT2D eigenvalue weighted by Crippen LogP contribution is 1.78. The van der Waals surface area contributed by atoms with E-state index in [-0.39, 0.29) is 0 Å². The fourth-order valence-corrected chi connectivity index (χ4v) is 0.898. The third kappa shape index (κ3) is 4.49. The standard InChI is InChI=1S/C5H12N2O2S/c1-3-4-5-7-10(8,9)6-2/h3,6-7H,1,4-5H2,2H3. The van der Waals surface area contributed by atoms with Crippen LogP contribution in [0.15, 0.2) is 12.7 Å². The summed E-state index contributed by atoms with van der Waals surface area (Å²) >= 11 is 0. The van der Waals surface area contributed by atoms with Gasteiger partial charge in [0.05, 0.1) is 0 Å². The average Bonchev–Trinajstić information content (AvgIpc) is 1.89. The zero-order valence-corrected chi connectivity index (χ0v) is 6.74. The summed E-state index contributed by atoms with van der Waals surface area (Å²) in [6, 6.07) is 0. The minimum Gasteiger partial charge on any atom is -0.205 e. The summed E-state index contributed by atoms with van der Waals surface area (Å²) in [5, 5.41) is 0. The molecule has 0 spiro atoms. The summed E-state index contributed by atoms with van der Waals surface area (Å²) in [7, 11) is -1.88. The van der Waals surface area contributed by atoms with E-state index in [2.05, 4.69) is 16.0 Å². The van der Waals surface area contributed by atoms with Gasteiger partial charge in [0.15, 0.2) is 0 Å². The molecule has 0 atom stereocenters. The first-order valence-electron chi connectivity index (χ1n) is 2.91. The summed E-state index contributed by atoms with van der Waals surface area (Å²) in [5.41, 5.74) is 0. The third-order valence-electron chi connectivity index (χ3n) is 0.909. The van der Waals surface area contributed by atoms with E-state index < -0.39 is 10.2 Å². The fraction of sp³-hybridized carbons (Fsp3) is 0.600. The van der Waals surface area contributed by atoms with Crippen molar-refractivity contribution in [1.82, 2.24) is 9.44 Å². The predicted octanol–water partition coefficient (Wildman–Crippen LogP) is -0.384. The Morgan fingerprint density at radius 1 is 1.60 bits per heavy atom. The van der Waals surface area contributed by atoms with Gasteiger partial charge in [0.2, 0.25) is 0 Å². The minimum atomic E-state index is -3.24. The van der Waals surface area contributed by atoms with Crippen LogP contribution in [0, 0.1) is 0 Å². The molecule has 0 heterocycles. The molecular formula is C5H12N2O2S. The highest BCUT2D eigenvalue weighted by atomic mass is 32.2. The van der Waals surface area contributed by atoms with Gasteiger partial charge in [-0.1, -0.05) is 6.08 Å². The minimum absolute atomic E-state index is 0.396. The van der Waals surface area contributed by atoms with Crippen molar-refractivity contribution >= 4 is 10.2 Å². The van der Waals surface area contributed by atoms with Crippen LogP contribution in [0.3, 0.4) is 0 Å². The first-order chi connectivity index (χ1) is 4.62. The van der Waals surface area contributed by atoms with Crippen LogP contribution in [0.25, 0.3) is 0 Å². The number of nitrogens with one attached hydrogen (secondary N) is 2. The molecule has 2 N–H and O–H groups in total. The van der Waals surface area contributed by atoms with Crippen LogP contribution in [-0.4, -0.2) is 22.0 Å². The normalized spacial score (nSPS) is 11.3. The zero-order valence-electron chi connectivity index (χ0n) is 5.92. The Morgan fingerprint density at radius 2 is 2.20 bits per heavy atom. The van der Waals surface area contributed by atoms with E-state index >= 15 is 0 Å². The Kier molecular flexibility index (Phi) is 4.26. The first-order valence-corrected chi connectivity index (χ1v) is 4.39. The summed E-state index contributed by atoms with van der Waals surface area (Å²) in [4.78, 5) is 0. The van der Waals surface area contributed by atoms with Crippen LogP contribution < -0.4 is 9.44 Å². The Balaban J connectivity index is 3.58. The average molecular weight is 164 g/mol. The summed E-state index contributed by atoms with van der Waals surface area (Å²) in [6.45, 7) is 3.85. The van der Waals surface area contributed by atoms with Crippen molar-refractivity contribution in [3.63, 3.8) is 0 Å². The Labute approximate surface area is 61.5 Å². The lowest BCUT2D eigenvalue weighted by atomic mass is 10.4. The van der Waals surface area contributed by atoms with Crippen molar-refractivity contribution in [2.24, 2.45) is 0 Å². The molecular weight excluding hydrogens is 152 g/mol. The van der Waals surface area contributed by atoms with Crippen LogP contribution in [0.2, 0.25) is 0 Å². The molecule has 0 fully saturated rings. The monoisotopic (exact) mass is 164 g/mol. The Morgan fingerprint density at radius 3 is 2.60 bits per heavy atom. The molecule has 0 unspecified atom stereocenters. The van der Waals surface area contributed by atoms with Gasteiger partial charge < -0.3 is 0 Å². The van der Waals surface area contributed by atoms with Gasteiger partial charge in [0, 0.05) is 13.6 Å². The molecule has 0 aliphatic rings. The highest BCUT2D eigenvalue weighted by Gasteiger charge is 2.01. The van der Waals surface area contributed by atoms with E-state index in [1.54, 1.807) is 6.08 Å². The molecule has 0 aromatic rings. The molecule has 0 bridgehead atoms. The van der Waals surface area contributed by atoms with Crippen molar-refractivity contribution in [3.05, 3.63) is 12.7 Å². The van der Waals surface area contributed by atoms with Gasteiger partial charge in [-0.05, 0) is 6.42 Å². The molecule has 0 radical (unpaired) electrons. The maximum absolute atomic E-state index is 10.6. The van der Waals surface area contributed by atoms with Gasteiger partial charge in [0.1, 0.15) is 0 Å². The van der Waals surface area contributed by atoms with Crippen molar-refractivity contribution in [1.29, 1.82) is 0 Å². The van der Waals surface area contributed by atoms with E-state index in [1.165, 1.54) is 7.05 Å². The van der Waals surface area contributed by atoms with Gasteiger partial charge in [-0.3, -0.25) is 0 Å². The second-order valence-corrected chi connectivity index (χ2v) is 3.38. The zero-order chi connectivity index (χ0) is 8.04. The van der Waals surface area contributed by atoms with Gasteiger partial charge in [-0.15, -0.1) is 6.58 Å². The van der Waals surface area contributed by atoms with E-state index in [4.69, 9.17) is 0 Å². The second-order valence-electron chi connectivity index (χ2n) is 1.68. The SMILES string of the molecule is C=CCCNS(=O)(=O)NC. The Hall–Kier alpha value is -0.390. The molecule has 0 saturated heterocycles. The van der Waals surface area contributed by atoms with Crippen LogP contribution >= 0.6 is 0 Å². The van der Waals surface area contributed by atoms with Gasteiger partial charge in [-0.25, -0.2) is 9.44 Å². The Bertz CT molecular complexity index is 186. The molecule has 0 aliphatic carbocycles. The van der Waals surface area contributed by atoms with Crippen LogP contribution in [0.1, 0.15) is 6.42 Å². The molecule has 60 valence electrons. The smallest absolute Gasteiger partial charge is 0.205 e. The molecule has 0 amide bonds. The van der Waals surface area contributed by atoms with Crippen molar-refractivity contribution < 1.29 is 8.42 Å².